The van der Waals surface area contributed by atoms with Crippen LogP contribution in [0.1, 0.15) is 11.4 Å². The Morgan fingerprint density at radius 1 is 1.47 bits per heavy atom. The lowest BCUT2D eigenvalue weighted by atomic mass is 10.2. The highest BCUT2D eigenvalue weighted by atomic mass is 19.1. The van der Waals surface area contributed by atoms with Crippen LogP contribution in [0.2, 0.25) is 0 Å². The standard InChI is InChI=1S/C10H11FN4O2/c1-15-13-9(12-14-15)6-17-10-7(5-16)3-2-4-8(10)11/h2-4,16H,5-6H2,1H3. The van der Waals surface area contributed by atoms with E-state index in [2.05, 4.69) is 15.4 Å². The summed E-state index contributed by atoms with van der Waals surface area (Å²) in [6.07, 6.45) is 0. The average Bonchev–Trinajstić information content (AvgIpc) is 2.73. The number of aliphatic hydroxyl groups is 1. The van der Waals surface area contributed by atoms with Gasteiger partial charge in [-0.05, 0) is 11.3 Å². The van der Waals surface area contributed by atoms with Crippen LogP contribution in [-0.2, 0) is 20.3 Å². The summed E-state index contributed by atoms with van der Waals surface area (Å²) in [5, 5.41) is 20.3. The van der Waals surface area contributed by atoms with Gasteiger partial charge in [0.05, 0.1) is 13.7 Å². The zero-order valence-corrected chi connectivity index (χ0v) is 9.17. The maximum Gasteiger partial charge on any atom is 0.212 e. The largest absolute Gasteiger partial charge is 0.482 e. The molecular formula is C10H11FN4O2. The van der Waals surface area contributed by atoms with Gasteiger partial charge in [0.15, 0.2) is 18.2 Å². The molecule has 0 fully saturated rings. The van der Waals surface area contributed by atoms with E-state index in [-0.39, 0.29) is 19.0 Å². The van der Waals surface area contributed by atoms with Crippen molar-refractivity contribution in [2.75, 3.05) is 0 Å². The normalized spacial score (nSPS) is 10.5. The van der Waals surface area contributed by atoms with Crippen molar-refractivity contribution in [2.24, 2.45) is 7.05 Å². The molecule has 0 atom stereocenters. The number of ether oxygens (including phenoxy) is 1. The fourth-order valence-electron chi connectivity index (χ4n) is 1.36. The minimum Gasteiger partial charge on any atom is -0.482 e. The fraction of sp³-hybridized carbons (Fsp3) is 0.300. The third-order valence-corrected chi connectivity index (χ3v) is 2.11. The van der Waals surface area contributed by atoms with Crippen molar-refractivity contribution in [3.63, 3.8) is 0 Å². The summed E-state index contributed by atoms with van der Waals surface area (Å²) >= 11 is 0. The van der Waals surface area contributed by atoms with Gasteiger partial charge in [0, 0.05) is 5.56 Å². The average molecular weight is 238 g/mol. The van der Waals surface area contributed by atoms with E-state index in [0.29, 0.717) is 11.4 Å². The molecule has 0 aliphatic carbocycles. The number of aryl methyl sites for hydroxylation is 1. The summed E-state index contributed by atoms with van der Waals surface area (Å²) in [4.78, 5) is 1.28. The summed E-state index contributed by atoms with van der Waals surface area (Å²) in [6.45, 7) is -0.289. The van der Waals surface area contributed by atoms with E-state index in [4.69, 9.17) is 9.84 Å². The lowest BCUT2D eigenvalue weighted by Gasteiger charge is -2.08. The van der Waals surface area contributed by atoms with Gasteiger partial charge in [-0.25, -0.2) is 4.39 Å². The first-order valence-electron chi connectivity index (χ1n) is 4.94. The number of benzene rings is 1. The number of para-hydroxylation sites is 1. The second-order valence-corrected chi connectivity index (χ2v) is 3.37. The molecule has 0 amide bonds. The summed E-state index contributed by atoms with van der Waals surface area (Å²) in [7, 11) is 1.62. The van der Waals surface area contributed by atoms with Crippen LogP contribution in [0.5, 0.6) is 5.75 Å². The van der Waals surface area contributed by atoms with Gasteiger partial charge in [0.1, 0.15) is 0 Å². The molecule has 1 aromatic carbocycles. The van der Waals surface area contributed by atoms with Gasteiger partial charge in [-0.2, -0.15) is 4.80 Å². The highest BCUT2D eigenvalue weighted by Crippen LogP contribution is 2.23. The molecule has 0 aliphatic rings. The third kappa shape index (κ3) is 2.56. The van der Waals surface area contributed by atoms with E-state index < -0.39 is 5.82 Å². The molecule has 0 bridgehead atoms. The minimum atomic E-state index is -0.527. The summed E-state index contributed by atoms with van der Waals surface area (Å²) in [5.74, 6) is -0.164. The van der Waals surface area contributed by atoms with Gasteiger partial charge >= 0.3 is 0 Å². The molecule has 90 valence electrons. The van der Waals surface area contributed by atoms with Gasteiger partial charge in [-0.3, -0.25) is 0 Å². The maximum absolute atomic E-state index is 13.4. The highest BCUT2D eigenvalue weighted by molar-refractivity contribution is 5.34. The van der Waals surface area contributed by atoms with Crippen molar-refractivity contribution in [2.45, 2.75) is 13.2 Å². The number of nitrogens with zero attached hydrogens (tertiary/aromatic N) is 4. The lowest BCUT2D eigenvalue weighted by Crippen LogP contribution is -2.03. The van der Waals surface area contributed by atoms with Gasteiger partial charge < -0.3 is 9.84 Å². The molecule has 17 heavy (non-hydrogen) atoms. The van der Waals surface area contributed by atoms with Crippen molar-refractivity contribution in [3.8, 4) is 5.75 Å². The quantitative estimate of drug-likeness (QED) is 0.835. The van der Waals surface area contributed by atoms with Crippen molar-refractivity contribution in [1.29, 1.82) is 0 Å². The van der Waals surface area contributed by atoms with Gasteiger partial charge in [-0.1, -0.05) is 12.1 Å². The number of hydrogen-bond acceptors (Lipinski definition) is 5. The lowest BCUT2D eigenvalue weighted by molar-refractivity contribution is 0.247. The zero-order chi connectivity index (χ0) is 12.3. The molecule has 1 heterocycles. The summed E-state index contributed by atoms with van der Waals surface area (Å²) in [6, 6.07) is 4.36. The van der Waals surface area contributed by atoms with E-state index in [0.717, 1.165) is 0 Å². The second kappa shape index (κ2) is 4.88. The molecule has 0 saturated heterocycles. The Kier molecular flexibility index (Phi) is 3.29. The Hall–Kier alpha value is -2.02. The van der Waals surface area contributed by atoms with Crippen LogP contribution in [-0.4, -0.2) is 25.3 Å². The Balaban J connectivity index is 2.13. The number of rotatable bonds is 4. The number of hydrogen-bond donors (Lipinski definition) is 1. The van der Waals surface area contributed by atoms with Crippen molar-refractivity contribution in [1.82, 2.24) is 20.2 Å². The van der Waals surface area contributed by atoms with Crippen molar-refractivity contribution >= 4 is 0 Å². The fourth-order valence-corrected chi connectivity index (χ4v) is 1.36. The third-order valence-electron chi connectivity index (χ3n) is 2.11. The molecule has 0 spiro atoms. The monoisotopic (exact) mass is 238 g/mol. The maximum atomic E-state index is 13.4. The summed E-state index contributed by atoms with van der Waals surface area (Å²) in [5.41, 5.74) is 0.383. The highest BCUT2D eigenvalue weighted by Gasteiger charge is 2.10. The van der Waals surface area contributed by atoms with Gasteiger partial charge in [0.25, 0.3) is 0 Å². The molecule has 1 aromatic heterocycles. The van der Waals surface area contributed by atoms with Crippen molar-refractivity contribution in [3.05, 3.63) is 35.4 Å². The van der Waals surface area contributed by atoms with Gasteiger partial charge in [0.2, 0.25) is 5.82 Å². The van der Waals surface area contributed by atoms with E-state index in [1.807, 2.05) is 0 Å². The van der Waals surface area contributed by atoms with Crippen LogP contribution in [0.4, 0.5) is 4.39 Å². The molecule has 2 rings (SSSR count). The molecule has 7 heteroatoms. The number of halogens is 1. The topological polar surface area (TPSA) is 73.1 Å². The van der Waals surface area contributed by atoms with Crippen molar-refractivity contribution < 1.29 is 14.2 Å². The first-order valence-corrected chi connectivity index (χ1v) is 4.94. The Labute approximate surface area is 96.6 Å². The van der Waals surface area contributed by atoms with Crippen LogP contribution >= 0.6 is 0 Å². The Bertz CT molecular complexity index is 515. The SMILES string of the molecule is Cn1nnc(COc2c(F)cccc2CO)n1. The van der Waals surface area contributed by atoms with E-state index >= 15 is 0 Å². The first-order chi connectivity index (χ1) is 8.20. The van der Waals surface area contributed by atoms with Crippen LogP contribution in [0.15, 0.2) is 18.2 Å². The number of tetrazole rings is 1. The first kappa shape index (κ1) is 11.5. The molecule has 0 aliphatic heterocycles. The Morgan fingerprint density at radius 2 is 2.29 bits per heavy atom. The predicted molar refractivity (Wildman–Crippen MR) is 55.5 cm³/mol. The second-order valence-electron chi connectivity index (χ2n) is 3.37. The zero-order valence-electron chi connectivity index (χ0n) is 9.17. The molecular weight excluding hydrogens is 227 g/mol. The number of aromatic nitrogens is 4. The smallest absolute Gasteiger partial charge is 0.212 e. The molecule has 6 nitrogen and oxygen atoms in total. The van der Waals surface area contributed by atoms with Gasteiger partial charge in [-0.15, -0.1) is 10.2 Å². The summed E-state index contributed by atoms with van der Waals surface area (Å²) < 4.78 is 18.7. The van der Waals surface area contributed by atoms with E-state index in [9.17, 15) is 4.39 Å². The molecule has 0 saturated carbocycles. The molecule has 0 radical (unpaired) electrons. The molecule has 2 aromatic rings. The molecule has 0 unspecified atom stereocenters. The molecule has 1 N–H and O–H groups in total. The predicted octanol–water partition coefficient (Wildman–Crippen LogP) is 0.420. The van der Waals surface area contributed by atoms with Crippen LogP contribution in [0.3, 0.4) is 0 Å². The van der Waals surface area contributed by atoms with E-state index in [1.165, 1.54) is 16.9 Å². The van der Waals surface area contributed by atoms with Crippen LogP contribution < -0.4 is 4.74 Å². The van der Waals surface area contributed by atoms with Crippen LogP contribution in [0.25, 0.3) is 0 Å². The Morgan fingerprint density at radius 3 is 2.94 bits per heavy atom. The van der Waals surface area contributed by atoms with Crippen LogP contribution in [0, 0.1) is 5.82 Å². The van der Waals surface area contributed by atoms with E-state index in [1.54, 1.807) is 13.1 Å². The minimum absolute atomic E-state index is 0.00176. The number of aliphatic hydroxyl groups excluding tert-OH is 1.